The zero-order valence-corrected chi connectivity index (χ0v) is 13.7. The highest BCUT2D eigenvalue weighted by molar-refractivity contribution is 6.31. The number of benzene rings is 3. The summed E-state index contributed by atoms with van der Waals surface area (Å²) in [6.45, 7) is 0. The topological polar surface area (TPSA) is 74.6 Å². The summed E-state index contributed by atoms with van der Waals surface area (Å²) in [6.07, 6.45) is 0. The molecule has 3 aromatic carbocycles. The molecular formula is C20H13ClO4. The summed E-state index contributed by atoms with van der Waals surface area (Å²) in [6, 6.07) is 18.6. The van der Waals surface area contributed by atoms with Crippen LogP contribution in [0.2, 0.25) is 5.02 Å². The third-order valence-electron chi connectivity index (χ3n) is 3.83. The van der Waals surface area contributed by atoms with Crippen molar-refractivity contribution in [1.29, 1.82) is 0 Å². The fraction of sp³-hybridized carbons (Fsp3) is 0. The molecule has 0 aromatic heterocycles. The van der Waals surface area contributed by atoms with Gasteiger partial charge in [-0.15, -0.1) is 0 Å². The standard InChI is InChI=1S/C20H13ClO4/c21-18-10-16(12-1-5-14(6-2-12)19(22)23)9-17(11-18)13-3-7-15(8-4-13)20(24)25/h1-11H,(H,22,23)(H,24,25). The van der Waals surface area contributed by atoms with E-state index in [4.69, 9.17) is 21.8 Å². The molecule has 0 aliphatic rings. The molecule has 0 saturated heterocycles. The van der Waals surface area contributed by atoms with E-state index >= 15 is 0 Å². The minimum Gasteiger partial charge on any atom is -0.478 e. The summed E-state index contributed by atoms with van der Waals surface area (Å²) < 4.78 is 0. The number of halogens is 1. The minimum absolute atomic E-state index is 0.218. The molecule has 0 spiro atoms. The lowest BCUT2D eigenvalue weighted by Gasteiger charge is -2.08. The van der Waals surface area contributed by atoms with Gasteiger partial charge in [0.2, 0.25) is 0 Å². The van der Waals surface area contributed by atoms with Gasteiger partial charge in [0.15, 0.2) is 0 Å². The average Bonchev–Trinajstić information content (AvgIpc) is 2.61. The first-order valence-electron chi connectivity index (χ1n) is 7.42. The van der Waals surface area contributed by atoms with Crippen molar-refractivity contribution in [3.63, 3.8) is 0 Å². The maximum absolute atomic E-state index is 11.0. The highest BCUT2D eigenvalue weighted by Crippen LogP contribution is 2.30. The van der Waals surface area contributed by atoms with E-state index in [1.54, 1.807) is 60.7 Å². The van der Waals surface area contributed by atoms with Crippen LogP contribution in [0.4, 0.5) is 0 Å². The van der Waals surface area contributed by atoms with Crippen molar-refractivity contribution in [3.05, 3.63) is 82.9 Å². The fourth-order valence-corrected chi connectivity index (χ4v) is 2.77. The van der Waals surface area contributed by atoms with E-state index in [-0.39, 0.29) is 11.1 Å². The number of carboxylic acids is 2. The summed E-state index contributed by atoms with van der Waals surface area (Å²) >= 11 is 6.23. The van der Waals surface area contributed by atoms with E-state index < -0.39 is 11.9 Å². The molecule has 2 N–H and O–H groups in total. The van der Waals surface area contributed by atoms with Gasteiger partial charge in [-0.2, -0.15) is 0 Å². The SMILES string of the molecule is O=C(O)c1ccc(-c2cc(Cl)cc(-c3ccc(C(=O)O)cc3)c2)cc1. The molecule has 4 nitrogen and oxygen atoms in total. The van der Waals surface area contributed by atoms with Gasteiger partial charge in [0.05, 0.1) is 11.1 Å². The molecule has 0 radical (unpaired) electrons. The second kappa shape index (κ2) is 6.79. The molecule has 3 aromatic rings. The van der Waals surface area contributed by atoms with Crippen molar-refractivity contribution in [3.8, 4) is 22.3 Å². The molecule has 0 aliphatic carbocycles. The summed E-state index contributed by atoms with van der Waals surface area (Å²) in [7, 11) is 0. The van der Waals surface area contributed by atoms with Crippen molar-refractivity contribution < 1.29 is 19.8 Å². The quantitative estimate of drug-likeness (QED) is 0.687. The van der Waals surface area contributed by atoms with Crippen LogP contribution >= 0.6 is 11.6 Å². The molecule has 0 bridgehead atoms. The first-order chi connectivity index (χ1) is 11.9. The second-order valence-electron chi connectivity index (χ2n) is 5.49. The van der Waals surface area contributed by atoms with E-state index in [1.807, 2.05) is 6.07 Å². The van der Waals surface area contributed by atoms with Gasteiger partial charge in [-0.05, 0) is 64.7 Å². The first kappa shape index (κ1) is 16.7. The Labute approximate surface area is 148 Å². The van der Waals surface area contributed by atoms with Gasteiger partial charge < -0.3 is 10.2 Å². The van der Waals surface area contributed by atoms with Crippen molar-refractivity contribution in [2.45, 2.75) is 0 Å². The smallest absolute Gasteiger partial charge is 0.335 e. The minimum atomic E-state index is -0.975. The molecule has 0 unspecified atom stereocenters. The Balaban J connectivity index is 2.00. The highest BCUT2D eigenvalue weighted by Gasteiger charge is 2.08. The van der Waals surface area contributed by atoms with Gasteiger partial charge in [0.25, 0.3) is 0 Å². The molecule has 5 heteroatoms. The Kier molecular flexibility index (Phi) is 4.55. The Morgan fingerprint density at radius 1 is 0.600 bits per heavy atom. The van der Waals surface area contributed by atoms with E-state index in [2.05, 4.69) is 0 Å². The molecule has 0 fully saturated rings. The number of hydrogen-bond donors (Lipinski definition) is 2. The lowest BCUT2D eigenvalue weighted by molar-refractivity contribution is 0.0686. The van der Waals surface area contributed by atoms with Crippen LogP contribution in [-0.2, 0) is 0 Å². The summed E-state index contributed by atoms with van der Waals surface area (Å²) in [5.74, 6) is -1.95. The molecular weight excluding hydrogens is 340 g/mol. The largest absolute Gasteiger partial charge is 0.478 e. The Morgan fingerprint density at radius 3 is 1.28 bits per heavy atom. The van der Waals surface area contributed by atoms with Crippen LogP contribution in [0.15, 0.2) is 66.7 Å². The maximum Gasteiger partial charge on any atom is 0.335 e. The third kappa shape index (κ3) is 3.70. The van der Waals surface area contributed by atoms with Crippen LogP contribution in [-0.4, -0.2) is 22.2 Å². The molecule has 0 heterocycles. The fourth-order valence-electron chi connectivity index (χ4n) is 2.53. The number of aromatic carboxylic acids is 2. The van der Waals surface area contributed by atoms with Crippen LogP contribution in [0.5, 0.6) is 0 Å². The van der Waals surface area contributed by atoms with Crippen molar-refractivity contribution >= 4 is 23.5 Å². The van der Waals surface area contributed by atoms with Crippen LogP contribution in [0, 0.1) is 0 Å². The van der Waals surface area contributed by atoms with Crippen LogP contribution in [0.25, 0.3) is 22.3 Å². The first-order valence-corrected chi connectivity index (χ1v) is 7.80. The molecule has 3 rings (SSSR count). The summed E-state index contributed by atoms with van der Waals surface area (Å²) in [4.78, 5) is 21.9. The zero-order chi connectivity index (χ0) is 18.0. The molecule has 0 saturated carbocycles. The predicted molar refractivity (Wildman–Crippen MR) is 96.2 cm³/mol. The van der Waals surface area contributed by atoms with Crippen LogP contribution in [0.1, 0.15) is 20.7 Å². The lowest BCUT2D eigenvalue weighted by Crippen LogP contribution is -1.95. The second-order valence-corrected chi connectivity index (χ2v) is 5.93. The Morgan fingerprint density at radius 2 is 0.960 bits per heavy atom. The highest BCUT2D eigenvalue weighted by atomic mass is 35.5. The van der Waals surface area contributed by atoms with Crippen molar-refractivity contribution in [2.24, 2.45) is 0 Å². The Hall–Kier alpha value is -3.11. The van der Waals surface area contributed by atoms with Gasteiger partial charge >= 0.3 is 11.9 Å². The van der Waals surface area contributed by atoms with Gasteiger partial charge in [0.1, 0.15) is 0 Å². The van der Waals surface area contributed by atoms with E-state index in [0.717, 1.165) is 22.3 Å². The van der Waals surface area contributed by atoms with Crippen molar-refractivity contribution in [2.75, 3.05) is 0 Å². The van der Waals surface area contributed by atoms with E-state index in [0.29, 0.717) is 5.02 Å². The summed E-state index contributed by atoms with van der Waals surface area (Å²) in [5.41, 5.74) is 3.82. The molecule has 124 valence electrons. The van der Waals surface area contributed by atoms with Gasteiger partial charge in [-0.1, -0.05) is 35.9 Å². The van der Waals surface area contributed by atoms with Gasteiger partial charge in [0, 0.05) is 5.02 Å². The maximum atomic E-state index is 11.0. The molecule has 0 amide bonds. The third-order valence-corrected chi connectivity index (χ3v) is 4.05. The molecule has 0 atom stereocenters. The van der Waals surface area contributed by atoms with Crippen LogP contribution in [0.3, 0.4) is 0 Å². The normalized spacial score (nSPS) is 10.4. The van der Waals surface area contributed by atoms with Crippen molar-refractivity contribution in [1.82, 2.24) is 0 Å². The number of rotatable bonds is 4. The average molecular weight is 353 g/mol. The number of hydrogen-bond acceptors (Lipinski definition) is 2. The lowest BCUT2D eigenvalue weighted by atomic mass is 9.98. The van der Waals surface area contributed by atoms with Gasteiger partial charge in [-0.3, -0.25) is 0 Å². The number of carboxylic acid groups (broad SMARTS) is 2. The Bertz CT molecular complexity index is 869. The van der Waals surface area contributed by atoms with E-state index in [9.17, 15) is 9.59 Å². The zero-order valence-electron chi connectivity index (χ0n) is 12.9. The number of carbonyl (C=O) groups is 2. The molecule has 25 heavy (non-hydrogen) atoms. The molecule has 0 aliphatic heterocycles. The van der Waals surface area contributed by atoms with Crippen LogP contribution < -0.4 is 0 Å². The predicted octanol–water partition coefficient (Wildman–Crippen LogP) is 5.07. The monoisotopic (exact) mass is 352 g/mol. The summed E-state index contributed by atoms with van der Waals surface area (Å²) in [5, 5.41) is 18.5. The van der Waals surface area contributed by atoms with Gasteiger partial charge in [-0.25, -0.2) is 9.59 Å². The van der Waals surface area contributed by atoms with E-state index in [1.165, 1.54) is 0 Å².